The molecule has 4 nitrogen and oxygen atoms in total. The SMILES string of the molecule is Cc1ccc(S(=O)(=O)OCCCCCC#N)cc1. The first-order valence-corrected chi connectivity index (χ1v) is 7.30. The van der Waals surface area contributed by atoms with Crippen molar-refractivity contribution < 1.29 is 12.6 Å². The van der Waals surface area contributed by atoms with E-state index in [2.05, 4.69) is 0 Å². The van der Waals surface area contributed by atoms with Gasteiger partial charge in [-0.1, -0.05) is 24.1 Å². The van der Waals surface area contributed by atoms with Gasteiger partial charge in [0, 0.05) is 6.42 Å². The predicted molar refractivity (Wildman–Crippen MR) is 68.4 cm³/mol. The molecule has 0 aliphatic rings. The second-order valence-electron chi connectivity index (χ2n) is 4.06. The Bertz CT molecular complexity index is 500. The van der Waals surface area contributed by atoms with Crippen LogP contribution in [0.3, 0.4) is 0 Å². The summed E-state index contributed by atoms with van der Waals surface area (Å²) >= 11 is 0. The van der Waals surface area contributed by atoms with Gasteiger partial charge in [-0.05, 0) is 31.9 Å². The molecule has 0 saturated carbocycles. The van der Waals surface area contributed by atoms with E-state index in [0.29, 0.717) is 12.8 Å². The summed E-state index contributed by atoms with van der Waals surface area (Å²) in [4.78, 5) is 0.185. The molecule has 0 spiro atoms. The Hall–Kier alpha value is -1.38. The van der Waals surface area contributed by atoms with Crippen molar-refractivity contribution >= 4 is 10.1 Å². The maximum atomic E-state index is 11.8. The van der Waals surface area contributed by atoms with Gasteiger partial charge in [-0.3, -0.25) is 4.18 Å². The van der Waals surface area contributed by atoms with Crippen LogP contribution in [0.2, 0.25) is 0 Å². The zero-order valence-corrected chi connectivity index (χ0v) is 11.2. The average Bonchev–Trinajstić information content (AvgIpc) is 2.34. The van der Waals surface area contributed by atoms with E-state index >= 15 is 0 Å². The molecule has 1 aromatic rings. The Morgan fingerprint density at radius 3 is 2.44 bits per heavy atom. The number of nitrogens with zero attached hydrogens (tertiary/aromatic N) is 1. The van der Waals surface area contributed by atoms with E-state index in [4.69, 9.17) is 9.44 Å². The van der Waals surface area contributed by atoms with Crippen molar-refractivity contribution in [2.45, 2.75) is 37.5 Å². The molecule has 0 radical (unpaired) electrons. The molecule has 1 aromatic carbocycles. The minimum Gasteiger partial charge on any atom is -0.266 e. The number of aryl methyl sites for hydroxylation is 1. The summed E-state index contributed by atoms with van der Waals surface area (Å²) in [7, 11) is -3.63. The van der Waals surface area contributed by atoms with Crippen LogP contribution in [0, 0.1) is 18.3 Å². The van der Waals surface area contributed by atoms with E-state index in [1.54, 1.807) is 24.3 Å². The number of rotatable bonds is 7. The third-order valence-electron chi connectivity index (χ3n) is 2.48. The van der Waals surface area contributed by atoms with Crippen LogP contribution in [0.15, 0.2) is 29.2 Å². The minimum atomic E-state index is -3.63. The number of nitriles is 1. The topological polar surface area (TPSA) is 67.2 Å². The van der Waals surface area contributed by atoms with E-state index < -0.39 is 10.1 Å². The highest BCUT2D eigenvalue weighted by Crippen LogP contribution is 2.13. The van der Waals surface area contributed by atoms with Gasteiger partial charge in [-0.25, -0.2) is 0 Å². The summed E-state index contributed by atoms with van der Waals surface area (Å²) in [6.07, 6.45) is 2.74. The van der Waals surface area contributed by atoms with Crippen molar-refractivity contribution in [1.82, 2.24) is 0 Å². The van der Waals surface area contributed by atoms with Gasteiger partial charge in [0.2, 0.25) is 0 Å². The van der Waals surface area contributed by atoms with Crippen molar-refractivity contribution in [2.75, 3.05) is 6.61 Å². The lowest BCUT2D eigenvalue weighted by Gasteiger charge is -2.05. The number of benzene rings is 1. The van der Waals surface area contributed by atoms with Crippen LogP contribution < -0.4 is 0 Å². The summed E-state index contributed by atoms with van der Waals surface area (Å²) < 4.78 is 28.4. The van der Waals surface area contributed by atoms with Crippen LogP contribution in [0.1, 0.15) is 31.2 Å². The molecule has 98 valence electrons. The molecule has 0 saturated heterocycles. The highest BCUT2D eigenvalue weighted by Gasteiger charge is 2.13. The van der Waals surface area contributed by atoms with Gasteiger partial charge in [0.05, 0.1) is 17.6 Å². The van der Waals surface area contributed by atoms with Crippen molar-refractivity contribution in [3.05, 3.63) is 29.8 Å². The van der Waals surface area contributed by atoms with Crippen molar-refractivity contribution in [3.63, 3.8) is 0 Å². The maximum absolute atomic E-state index is 11.8. The third-order valence-corrected chi connectivity index (χ3v) is 3.81. The molecule has 18 heavy (non-hydrogen) atoms. The molecule has 0 N–H and O–H groups in total. The third kappa shape index (κ3) is 4.86. The zero-order chi connectivity index (χ0) is 13.4. The van der Waals surface area contributed by atoms with E-state index in [-0.39, 0.29) is 11.5 Å². The maximum Gasteiger partial charge on any atom is 0.296 e. The smallest absolute Gasteiger partial charge is 0.266 e. The van der Waals surface area contributed by atoms with E-state index in [1.807, 2.05) is 13.0 Å². The molecule has 1 rings (SSSR count). The first kappa shape index (κ1) is 14.7. The van der Waals surface area contributed by atoms with E-state index in [0.717, 1.165) is 18.4 Å². The Kier molecular flexibility index (Phi) is 5.83. The average molecular weight is 267 g/mol. The number of hydrogen-bond donors (Lipinski definition) is 0. The first-order valence-electron chi connectivity index (χ1n) is 5.89. The fraction of sp³-hybridized carbons (Fsp3) is 0.462. The van der Waals surface area contributed by atoms with Crippen molar-refractivity contribution in [2.24, 2.45) is 0 Å². The van der Waals surface area contributed by atoms with Crippen LogP contribution in [0.5, 0.6) is 0 Å². The molecule has 0 atom stereocenters. The molecule has 0 bridgehead atoms. The molecule has 0 amide bonds. The molecule has 0 aliphatic carbocycles. The van der Waals surface area contributed by atoms with Gasteiger partial charge >= 0.3 is 0 Å². The minimum absolute atomic E-state index is 0.168. The Morgan fingerprint density at radius 2 is 1.83 bits per heavy atom. The lowest BCUT2D eigenvalue weighted by atomic mass is 10.2. The second-order valence-corrected chi connectivity index (χ2v) is 5.67. The summed E-state index contributed by atoms with van der Waals surface area (Å²) in [6, 6.07) is 8.61. The Labute approximate surface area is 108 Å². The fourth-order valence-electron chi connectivity index (χ4n) is 1.42. The van der Waals surface area contributed by atoms with Crippen LogP contribution >= 0.6 is 0 Å². The van der Waals surface area contributed by atoms with E-state index in [9.17, 15) is 8.42 Å². The molecule has 0 unspecified atom stereocenters. The molecule has 0 heterocycles. The summed E-state index contributed by atoms with van der Waals surface area (Å²) in [6.45, 7) is 2.06. The zero-order valence-electron chi connectivity index (χ0n) is 10.4. The lowest BCUT2D eigenvalue weighted by Crippen LogP contribution is -2.07. The van der Waals surface area contributed by atoms with Crippen LogP contribution in [-0.2, 0) is 14.3 Å². The summed E-state index contributed by atoms with van der Waals surface area (Å²) in [5.41, 5.74) is 1.01. The first-order chi connectivity index (χ1) is 8.56. The molecule has 0 fully saturated rings. The highest BCUT2D eigenvalue weighted by atomic mass is 32.2. The van der Waals surface area contributed by atoms with Gasteiger partial charge in [0.1, 0.15) is 0 Å². The highest BCUT2D eigenvalue weighted by molar-refractivity contribution is 7.86. The predicted octanol–water partition coefficient (Wildman–Crippen LogP) is 2.78. The lowest BCUT2D eigenvalue weighted by molar-refractivity contribution is 0.307. The molecule has 0 aliphatic heterocycles. The normalized spacial score (nSPS) is 11.1. The number of hydrogen-bond acceptors (Lipinski definition) is 4. The summed E-state index contributed by atoms with van der Waals surface area (Å²) in [5.74, 6) is 0. The summed E-state index contributed by atoms with van der Waals surface area (Å²) in [5, 5.41) is 8.35. The molecule has 5 heteroatoms. The van der Waals surface area contributed by atoms with Crippen LogP contribution in [-0.4, -0.2) is 15.0 Å². The van der Waals surface area contributed by atoms with Crippen molar-refractivity contribution in [3.8, 4) is 6.07 Å². The molecular formula is C13H17NO3S. The fourth-order valence-corrected chi connectivity index (χ4v) is 2.37. The largest absolute Gasteiger partial charge is 0.296 e. The van der Waals surface area contributed by atoms with Gasteiger partial charge in [-0.15, -0.1) is 0 Å². The van der Waals surface area contributed by atoms with E-state index in [1.165, 1.54) is 0 Å². The number of unbranched alkanes of at least 4 members (excludes halogenated alkanes) is 3. The molecule has 0 aromatic heterocycles. The standard InChI is InChI=1S/C13H17NO3S/c1-12-6-8-13(9-7-12)18(15,16)17-11-5-3-2-4-10-14/h6-9H,2-5,11H2,1H3. The van der Waals surface area contributed by atoms with Gasteiger partial charge in [0.15, 0.2) is 0 Å². The monoisotopic (exact) mass is 267 g/mol. The van der Waals surface area contributed by atoms with Crippen LogP contribution in [0.4, 0.5) is 0 Å². The molecular weight excluding hydrogens is 250 g/mol. The van der Waals surface area contributed by atoms with Gasteiger partial charge < -0.3 is 0 Å². The Morgan fingerprint density at radius 1 is 1.17 bits per heavy atom. The van der Waals surface area contributed by atoms with Crippen LogP contribution in [0.25, 0.3) is 0 Å². The van der Waals surface area contributed by atoms with Crippen molar-refractivity contribution in [1.29, 1.82) is 5.26 Å². The Balaban J connectivity index is 2.41. The van der Waals surface area contributed by atoms with Gasteiger partial charge in [0.25, 0.3) is 10.1 Å². The quantitative estimate of drug-likeness (QED) is 0.562. The van der Waals surface area contributed by atoms with Gasteiger partial charge in [-0.2, -0.15) is 13.7 Å². The second kappa shape index (κ2) is 7.14.